The fourth-order valence-electron chi connectivity index (χ4n) is 1.94. The molecule has 1 unspecified atom stereocenters. The number of hydrogen-bond acceptors (Lipinski definition) is 3. The van der Waals surface area contributed by atoms with Gasteiger partial charge >= 0.3 is 6.03 Å². The maximum Gasteiger partial charge on any atom is 0.317 e. The molecule has 1 aliphatic rings. The van der Waals surface area contributed by atoms with E-state index >= 15 is 0 Å². The summed E-state index contributed by atoms with van der Waals surface area (Å²) in [6.07, 6.45) is 0. The van der Waals surface area contributed by atoms with E-state index in [0.717, 1.165) is 17.1 Å². The number of likely N-dealkylation sites (N-methyl/N-ethyl adjacent to an activating group) is 1. The van der Waals surface area contributed by atoms with Crippen LogP contribution in [0.15, 0.2) is 18.2 Å². The lowest BCUT2D eigenvalue weighted by molar-refractivity contribution is 0.226. The van der Waals surface area contributed by atoms with Gasteiger partial charge in [0.2, 0.25) is 0 Å². The molecule has 2 rings (SSSR count). The fourth-order valence-corrected chi connectivity index (χ4v) is 1.94. The summed E-state index contributed by atoms with van der Waals surface area (Å²) in [7, 11) is 4.99. The van der Waals surface area contributed by atoms with Crippen LogP contribution in [0.25, 0.3) is 0 Å². The molecule has 1 aromatic rings. The van der Waals surface area contributed by atoms with Crippen LogP contribution in [0, 0.1) is 0 Å². The highest BCUT2D eigenvalue weighted by atomic mass is 16.5. The maximum atomic E-state index is 11.4. The zero-order valence-corrected chi connectivity index (χ0v) is 10.2. The van der Waals surface area contributed by atoms with Gasteiger partial charge < -0.3 is 19.7 Å². The van der Waals surface area contributed by atoms with Gasteiger partial charge in [0.15, 0.2) is 0 Å². The van der Waals surface area contributed by atoms with Crippen LogP contribution in [0.3, 0.4) is 0 Å². The normalized spacial score (nSPS) is 19.1. The summed E-state index contributed by atoms with van der Waals surface area (Å²) in [5.74, 6) is 1.47. The van der Waals surface area contributed by atoms with Crippen LogP contribution >= 0.6 is 0 Å². The van der Waals surface area contributed by atoms with Crippen molar-refractivity contribution in [1.82, 2.24) is 10.2 Å². The molecule has 1 fully saturated rings. The Bertz CT molecular complexity index is 434. The smallest absolute Gasteiger partial charge is 0.317 e. The van der Waals surface area contributed by atoms with E-state index in [-0.39, 0.29) is 12.1 Å². The fraction of sp³-hybridized carbons (Fsp3) is 0.417. The number of amides is 2. The molecule has 0 aliphatic carbocycles. The Hall–Kier alpha value is -1.91. The lowest BCUT2D eigenvalue weighted by Crippen LogP contribution is -2.24. The third kappa shape index (κ3) is 2.13. The third-order valence-corrected chi connectivity index (χ3v) is 2.92. The Morgan fingerprint density at radius 1 is 1.35 bits per heavy atom. The van der Waals surface area contributed by atoms with E-state index in [1.807, 2.05) is 18.2 Å². The molecular formula is C12H16N2O3. The number of nitrogens with zero attached hydrogens (tertiary/aromatic N) is 1. The van der Waals surface area contributed by atoms with Crippen molar-refractivity contribution in [1.29, 1.82) is 0 Å². The molecule has 0 radical (unpaired) electrons. The molecule has 0 aromatic heterocycles. The van der Waals surface area contributed by atoms with Gasteiger partial charge in [-0.25, -0.2) is 4.79 Å². The second-order valence-corrected chi connectivity index (χ2v) is 3.99. The van der Waals surface area contributed by atoms with Crippen LogP contribution in [0.4, 0.5) is 4.79 Å². The highest BCUT2D eigenvalue weighted by molar-refractivity contribution is 5.77. The summed E-state index contributed by atoms with van der Waals surface area (Å²) in [4.78, 5) is 13.1. The summed E-state index contributed by atoms with van der Waals surface area (Å²) in [5, 5.41) is 2.90. The van der Waals surface area contributed by atoms with Gasteiger partial charge in [0.05, 0.1) is 20.3 Å². The van der Waals surface area contributed by atoms with Crippen LogP contribution in [-0.4, -0.2) is 38.7 Å². The first-order valence-electron chi connectivity index (χ1n) is 5.39. The second-order valence-electron chi connectivity index (χ2n) is 3.99. The van der Waals surface area contributed by atoms with E-state index in [1.54, 1.807) is 26.2 Å². The predicted molar refractivity (Wildman–Crippen MR) is 63.4 cm³/mol. The molecule has 2 amide bonds. The summed E-state index contributed by atoms with van der Waals surface area (Å²) in [6.45, 7) is 0.640. The van der Waals surface area contributed by atoms with E-state index in [2.05, 4.69) is 5.32 Å². The zero-order valence-electron chi connectivity index (χ0n) is 10.2. The molecule has 0 saturated carbocycles. The Kier molecular flexibility index (Phi) is 3.08. The molecule has 0 spiro atoms. The summed E-state index contributed by atoms with van der Waals surface area (Å²) >= 11 is 0. The van der Waals surface area contributed by atoms with Gasteiger partial charge in [0.25, 0.3) is 0 Å². The second kappa shape index (κ2) is 4.53. The van der Waals surface area contributed by atoms with Crippen LogP contribution in [0.5, 0.6) is 11.5 Å². The molecule has 1 aliphatic heterocycles. The molecule has 5 nitrogen and oxygen atoms in total. The van der Waals surface area contributed by atoms with Gasteiger partial charge in [-0.1, -0.05) is 0 Å². The largest absolute Gasteiger partial charge is 0.497 e. The van der Waals surface area contributed by atoms with Gasteiger partial charge in [-0.2, -0.15) is 0 Å². The van der Waals surface area contributed by atoms with Crippen molar-refractivity contribution >= 4 is 6.03 Å². The number of rotatable bonds is 3. The van der Waals surface area contributed by atoms with Crippen molar-refractivity contribution in [3.63, 3.8) is 0 Å². The SMILES string of the molecule is COc1ccc(C2CN(C)C(=O)N2)c(OC)c1. The standard InChI is InChI=1S/C12H16N2O3/c1-14-7-10(13-12(14)15)9-5-4-8(16-2)6-11(9)17-3/h4-6,10H,7H2,1-3H3,(H,13,15). The number of methoxy groups -OCH3 is 2. The summed E-state index contributed by atoms with van der Waals surface area (Å²) < 4.78 is 10.5. The van der Waals surface area contributed by atoms with Crippen molar-refractivity contribution in [2.24, 2.45) is 0 Å². The highest BCUT2D eigenvalue weighted by Crippen LogP contribution is 2.31. The lowest BCUT2D eigenvalue weighted by atomic mass is 10.1. The van der Waals surface area contributed by atoms with Crippen LogP contribution < -0.4 is 14.8 Å². The summed E-state index contributed by atoms with van der Waals surface area (Å²) in [5.41, 5.74) is 0.964. The molecule has 5 heteroatoms. The van der Waals surface area contributed by atoms with Crippen molar-refractivity contribution in [3.05, 3.63) is 23.8 Å². The monoisotopic (exact) mass is 236 g/mol. The number of carbonyl (C=O) groups is 1. The minimum atomic E-state index is -0.0622. The van der Waals surface area contributed by atoms with Crippen molar-refractivity contribution in [3.8, 4) is 11.5 Å². The van der Waals surface area contributed by atoms with E-state index in [9.17, 15) is 4.79 Å². The molecule has 1 saturated heterocycles. The molecule has 17 heavy (non-hydrogen) atoms. The average Bonchev–Trinajstić information content (AvgIpc) is 2.68. The molecule has 92 valence electrons. The number of carbonyl (C=O) groups excluding carboxylic acids is 1. The number of nitrogens with one attached hydrogen (secondary N) is 1. The quantitative estimate of drug-likeness (QED) is 0.863. The van der Waals surface area contributed by atoms with Crippen LogP contribution in [0.2, 0.25) is 0 Å². The lowest BCUT2D eigenvalue weighted by Gasteiger charge is -2.15. The number of hydrogen-bond donors (Lipinski definition) is 1. The van der Waals surface area contributed by atoms with E-state index in [0.29, 0.717) is 6.54 Å². The molecule has 1 heterocycles. The predicted octanol–water partition coefficient (Wildman–Crippen LogP) is 1.40. The molecule has 1 N–H and O–H groups in total. The minimum absolute atomic E-state index is 0.0339. The van der Waals surface area contributed by atoms with Crippen molar-refractivity contribution in [2.45, 2.75) is 6.04 Å². The maximum absolute atomic E-state index is 11.4. The third-order valence-electron chi connectivity index (χ3n) is 2.92. The van der Waals surface area contributed by atoms with Crippen molar-refractivity contribution in [2.75, 3.05) is 27.8 Å². The van der Waals surface area contributed by atoms with E-state index < -0.39 is 0 Å². The Morgan fingerprint density at radius 2 is 2.12 bits per heavy atom. The van der Waals surface area contributed by atoms with Gasteiger partial charge in [-0.05, 0) is 12.1 Å². The van der Waals surface area contributed by atoms with Crippen molar-refractivity contribution < 1.29 is 14.3 Å². The molecular weight excluding hydrogens is 220 g/mol. The number of ether oxygens (including phenoxy) is 2. The van der Waals surface area contributed by atoms with Crippen LogP contribution in [0.1, 0.15) is 11.6 Å². The van der Waals surface area contributed by atoms with E-state index in [1.165, 1.54) is 0 Å². The van der Waals surface area contributed by atoms with Gasteiger partial charge in [0, 0.05) is 25.2 Å². The topological polar surface area (TPSA) is 50.8 Å². The number of benzene rings is 1. The number of urea groups is 1. The Morgan fingerprint density at radius 3 is 2.65 bits per heavy atom. The van der Waals surface area contributed by atoms with Crippen LogP contribution in [-0.2, 0) is 0 Å². The summed E-state index contributed by atoms with van der Waals surface area (Å²) in [6, 6.07) is 5.51. The highest BCUT2D eigenvalue weighted by Gasteiger charge is 2.28. The first-order chi connectivity index (χ1) is 8.15. The zero-order chi connectivity index (χ0) is 12.4. The van der Waals surface area contributed by atoms with Gasteiger partial charge in [0.1, 0.15) is 11.5 Å². The first-order valence-corrected chi connectivity index (χ1v) is 5.39. The molecule has 0 bridgehead atoms. The Balaban J connectivity index is 2.29. The first kappa shape index (κ1) is 11.6. The minimum Gasteiger partial charge on any atom is -0.497 e. The Labute approximate surface area is 100 Å². The van der Waals surface area contributed by atoms with E-state index in [4.69, 9.17) is 9.47 Å². The average molecular weight is 236 g/mol. The van der Waals surface area contributed by atoms with Gasteiger partial charge in [-0.3, -0.25) is 0 Å². The van der Waals surface area contributed by atoms with Gasteiger partial charge in [-0.15, -0.1) is 0 Å². The molecule has 1 aromatic carbocycles. The molecule has 1 atom stereocenters.